The molecule has 2 rings (SSSR count). The number of allylic oxidation sites excluding steroid dienone is 6. The van der Waals surface area contributed by atoms with Crippen LogP contribution in [0.25, 0.3) is 0 Å². The van der Waals surface area contributed by atoms with Crippen LogP contribution in [0.2, 0.25) is 0 Å². The smallest absolute Gasteiger partial charge is 0.0147 e. The van der Waals surface area contributed by atoms with Gasteiger partial charge < -0.3 is 10.6 Å². The molecule has 1 unspecified atom stereocenters. The van der Waals surface area contributed by atoms with Gasteiger partial charge in [-0.05, 0) is 89.4 Å². The fraction of sp³-hybridized carbons (Fsp3) is 0.714. The number of hydrogen-bond acceptors (Lipinski definition) is 2. The van der Waals surface area contributed by atoms with Gasteiger partial charge in [-0.2, -0.15) is 0 Å². The van der Waals surface area contributed by atoms with Crippen molar-refractivity contribution in [3.8, 4) is 0 Å². The molecule has 23 heavy (non-hydrogen) atoms. The van der Waals surface area contributed by atoms with Crippen molar-refractivity contribution in [1.29, 1.82) is 0 Å². The predicted molar refractivity (Wildman–Crippen MR) is 102 cm³/mol. The maximum absolute atomic E-state index is 3.48. The van der Waals surface area contributed by atoms with E-state index in [0.717, 1.165) is 12.5 Å². The van der Waals surface area contributed by atoms with Crippen LogP contribution in [0.5, 0.6) is 0 Å². The Morgan fingerprint density at radius 1 is 1.17 bits per heavy atom. The summed E-state index contributed by atoms with van der Waals surface area (Å²) >= 11 is 0. The van der Waals surface area contributed by atoms with Crippen LogP contribution in [-0.2, 0) is 0 Å². The molecule has 1 saturated heterocycles. The van der Waals surface area contributed by atoms with E-state index in [1.54, 1.807) is 5.57 Å². The van der Waals surface area contributed by atoms with Crippen LogP contribution in [0, 0.1) is 5.92 Å². The molecule has 0 bridgehead atoms. The van der Waals surface area contributed by atoms with Crippen LogP contribution in [0.15, 0.2) is 34.6 Å². The van der Waals surface area contributed by atoms with Crippen molar-refractivity contribution >= 4 is 0 Å². The van der Waals surface area contributed by atoms with E-state index in [4.69, 9.17) is 0 Å². The normalized spacial score (nSPS) is 21.8. The zero-order valence-electron chi connectivity index (χ0n) is 15.5. The minimum absolute atomic E-state index is 0.950. The Bertz CT molecular complexity index is 446. The third kappa shape index (κ3) is 6.55. The summed E-state index contributed by atoms with van der Waals surface area (Å²) in [5.41, 5.74) is 5.87. The van der Waals surface area contributed by atoms with Crippen LogP contribution in [0.3, 0.4) is 0 Å². The minimum atomic E-state index is 0.950. The van der Waals surface area contributed by atoms with Crippen LogP contribution < -0.4 is 10.6 Å². The second-order valence-electron chi connectivity index (χ2n) is 7.50. The third-order valence-electron chi connectivity index (χ3n) is 5.34. The SMILES string of the molecule is CC(C)=C(/C=C\C1=C(C)NCCC1)CCCCCC1CCNC1. The van der Waals surface area contributed by atoms with Gasteiger partial charge in [0.25, 0.3) is 0 Å². The fourth-order valence-corrected chi connectivity index (χ4v) is 3.65. The fourth-order valence-electron chi connectivity index (χ4n) is 3.65. The van der Waals surface area contributed by atoms with E-state index in [9.17, 15) is 0 Å². The summed E-state index contributed by atoms with van der Waals surface area (Å²) in [6, 6.07) is 0. The van der Waals surface area contributed by atoms with Gasteiger partial charge in [0.05, 0.1) is 0 Å². The molecule has 1 atom stereocenters. The van der Waals surface area contributed by atoms with Gasteiger partial charge in [-0.3, -0.25) is 0 Å². The van der Waals surface area contributed by atoms with Crippen molar-refractivity contribution in [2.24, 2.45) is 5.92 Å². The molecule has 2 N–H and O–H groups in total. The van der Waals surface area contributed by atoms with Crippen molar-refractivity contribution in [3.05, 3.63) is 34.6 Å². The van der Waals surface area contributed by atoms with Crippen molar-refractivity contribution in [2.75, 3.05) is 19.6 Å². The molecule has 2 heterocycles. The second kappa shape index (κ2) is 9.97. The molecular weight excluding hydrogens is 280 g/mol. The largest absolute Gasteiger partial charge is 0.388 e. The minimum Gasteiger partial charge on any atom is -0.388 e. The monoisotopic (exact) mass is 316 g/mol. The van der Waals surface area contributed by atoms with Gasteiger partial charge in [0.15, 0.2) is 0 Å². The Morgan fingerprint density at radius 2 is 2.04 bits per heavy atom. The van der Waals surface area contributed by atoms with Crippen molar-refractivity contribution < 1.29 is 0 Å². The van der Waals surface area contributed by atoms with Crippen LogP contribution in [0.4, 0.5) is 0 Å². The molecule has 0 aromatic heterocycles. The van der Waals surface area contributed by atoms with Gasteiger partial charge in [-0.1, -0.05) is 30.6 Å². The van der Waals surface area contributed by atoms with E-state index >= 15 is 0 Å². The maximum atomic E-state index is 3.48. The van der Waals surface area contributed by atoms with Crippen LogP contribution in [-0.4, -0.2) is 19.6 Å². The Labute approximate surface area is 143 Å². The number of nitrogens with one attached hydrogen (secondary N) is 2. The molecule has 0 aliphatic carbocycles. The highest BCUT2D eigenvalue weighted by Crippen LogP contribution is 2.21. The van der Waals surface area contributed by atoms with Gasteiger partial charge in [0.2, 0.25) is 0 Å². The molecule has 1 fully saturated rings. The third-order valence-corrected chi connectivity index (χ3v) is 5.34. The summed E-state index contributed by atoms with van der Waals surface area (Å²) in [5.74, 6) is 0.950. The van der Waals surface area contributed by atoms with Gasteiger partial charge >= 0.3 is 0 Å². The average Bonchev–Trinajstić information content (AvgIpc) is 3.04. The molecule has 2 aliphatic rings. The molecule has 0 radical (unpaired) electrons. The zero-order chi connectivity index (χ0) is 16.5. The summed E-state index contributed by atoms with van der Waals surface area (Å²) in [7, 11) is 0. The highest BCUT2D eigenvalue weighted by Gasteiger charge is 2.13. The quantitative estimate of drug-likeness (QED) is 0.481. The summed E-state index contributed by atoms with van der Waals surface area (Å²) in [5, 5.41) is 6.95. The highest BCUT2D eigenvalue weighted by atomic mass is 14.9. The van der Waals surface area contributed by atoms with Crippen molar-refractivity contribution in [3.63, 3.8) is 0 Å². The number of hydrogen-bond donors (Lipinski definition) is 2. The predicted octanol–water partition coefficient (Wildman–Crippen LogP) is 5.10. The van der Waals surface area contributed by atoms with Gasteiger partial charge in [0, 0.05) is 12.2 Å². The van der Waals surface area contributed by atoms with Gasteiger partial charge in [-0.15, -0.1) is 0 Å². The first-order valence-corrected chi connectivity index (χ1v) is 9.65. The Hall–Kier alpha value is -1.02. The molecule has 2 aliphatic heterocycles. The highest BCUT2D eigenvalue weighted by molar-refractivity contribution is 5.33. The lowest BCUT2D eigenvalue weighted by atomic mass is 9.97. The van der Waals surface area contributed by atoms with E-state index < -0.39 is 0 Å². The van der Waals surface area contributed by atoms with Crippen molar-refractivity contribution in [1.82, 2.24) is 10.6 Å². The van der Waals surface area contributed by atoms with Crippen molar-refractivity contribution in [2.45, 2.75) is 72.1 Å². The summed E-state index contributed by atoms with van der Waals surface area (Å²) in [6.45, 7) is 10.3. The molecular formula is C21H36N2. The maximum Gasteiger partial charge on any atom is 0.0147 e. The van der Waals surface area contributed by atoms with Crippen LogP contribution in [0.1, 0.15) is 72.1 Å². The van der Waals surface area contributed by atoms with Crippen LogP contribution >= 0.6 is 0 Å². The second-order valence-corrected chi connectivity index (χ2v) is 7.50. The summed E-state index contributed by atoms with van der Waals surface area (Å²) in [4.78, 5) is 0. The Kier molecular flexibility index (Phi) is 7.94. The van der Waals surface area contributed by atoms with Gasteiger partial charge in [-0.25, -0.2) is 0 Å². The first kappa shape index (κ1) is 18.3. The molecule has 0 spiro atoms. The standard InChI is InChI=1S/C21H36N2/c1-17(2)20(11-12-21-10-7-14-23-18(21)3)9-6-4-5-8-19-13-15-22-16-19/h11-12,19,22-23H,4-10,13-16H2,1-3H3/b12-11-. The first-order chi connectivity index (χ1) is 11.2. The van der Waals surface area contributed by atoms with E-state index in [0.29, 0.717) is 0 Å². The van der Waals surface area contributed by atoms with E-state index in [1.807, 2.05) is 0 Å². The Morgan fingerprint density at radius 3 is 2.74 bits per heavy atom. The number of unbranched alkanes of at least 4 members (excludes halogenated alkanes) is 2. The lowest BCUT2D eigenvalue weighted by Crippen LogP contribution is -2.19. The first-order valence-electron chi connectivity index (χ1n) is 9.65. The summed E-state index contributed by atoms with van der Waals surface area (Å²) < 4.78 is 0. The summed E-state index contributed by atoms with van der Waals surface area (Å²) in [6.07, 6.45) is 15.4. The van der Waals surface area contributed by atoms with E-state index in [2.05, 4.69) is 43.6 Å². The molecule has 0 amide bonds. The van der Waals surface area contributed by atoms with E-state index in [-0.39, 0.29) is 0 Å². The molecule has 0 saturated carbocycles. The van der Waals surface area contributed by atoms with Gasteiger partial charge in [0.1, 0.15) is 0 Å². The molecule has 0 aromatic carbocycles. The molecule has 130 valence electrons. The number of rotatable bonds is 8. The molecule has 2 heteroatoms. The van der Waals surface area contributed by atoms with E-state index in [1.165, 1.54) is 81.3 Å². The lowest BCUT2D eigenvalue weighted by Gasteiger charge is -2.17. The molecule has 2 nitrogen and oxygen atoms in total. The Balaban J connectivity index is 1.72. The topological polar surface area (TPSA) is 24.1 Å². The average molecular weight is 317 g/mol. The zero-order valence-corrected chi connectivity index (χ0v) is 15.5. The lowest BCUT2D eigenvalue weighted by molar-refractivity contribution is 0.490. The molecule has 0 aromatic rings.